The molecule has 2 amide bonds. The van der Waals surface area contributed by atoms with Gasteiger partial charge in [-0.2, -0.15) is 0 Å². The van der Waals surface area contributed by atoms with E-state index in [1.54, 1.807) is 0 Å². The molecule has 0 bridgehead atoms. The Labute approximate surface area is 162 Å². The molecule has 1 saturated heterocycles. The monoisotopic (exact) mass is 372 g/mol. The molecule has 1 saturated carbocycles. The molecule has 5 nitrogen and oxygen atoms in total. The van der Waals surface area contributed by atoms with Gasteiger partial charge >= 0.3 is 0 Å². The fourth-order valence-corrected chi connectivity index (χ4v) is 3.39. The number of ether oxygens (including phenoxy) is 1. The van der Waals surface area contributed by atoms with Gasteiger partial charge in [0.05, 0.1) is 6.61 Å². The molecule has 0 unspecified atom stereocenters. The number of rotatable bonds is 6. The van der Waals surface area contributed by atoms with E-state index >= 15 is 0 Å². The van der Waals surface area contributed by atoms with Crippen molar-refractivity contribution in [3.05, 3.63) is 29.8 Å². The summed E-state index contributed by atoms with van der Waals surface area (Å²) in [5, 5.41) is 0. The van der Waals surface area contributed by atoms with Crippen molar-refractivity contribution in [1.82, 2.24) is 9.80 Å². The van der Waals surface area contributed by atoms with Crippen LogP contribution in [0.5, 0.6) is 5.75 Å². The molecule has 2 aliphatic rings. The van der Waals surface area contributed by atoms with Gasteiger partial charge in [-0.05, 0) is 42.4 Å². The van der Waals surface area contributed by atoms with E-state index in [4.69, 9.17) is 4.74 Å². The second kappa shape index (κ2) is 8.32. The van der Waals surface area contributed by atoms with E-state index in [2.05, 4.69) is 32.9 Å². The Morgan fingerprint density at radius 3 is 2.15 bits per heavy atom. The van der Waals surface area contributed by atoms with E-state index in [0.717, 1.165) is 18.6 Å². The van der Waals surface area contributed by atoms with Gasteiger partial charge in [0.15, 0.2) is 0 Å². The third-order valence-corrected chi connectivity index (χ3v) is 5.39. The number of nitrogens with zero attached hydrogens (tertiary/aromatic N) is 2. The van der Waals surface area contributed by atoms with Gasteiger partial charge in [-0.15, -0.1) is 0 Å². The predicted molar refractivity (Wildman–Crippen MR) is 106 cm³/mol. The van der Waals surface area contributed by atoms with Crippen LogP contribution in [0.4, 0.5) is 0 Å². The minimum Gasteiger partial charge on any atom is -0.494 e. The summed E-state index contributed by atoms with van der Waals surface area (Å²) in [6.45, 7) is 9.79. The van der Waals surface area contributed by atoms with Crippen molar-refractivity contribution in [2.24, 2.45) is 5.92 Å². The second-order valence-electron chi connectivity index (χ2n) is 8.71. The molecule has 0 N–H and O–H groups in total. The number of benzene rings is 1. The number of hydrogen-bond acceptors (Lipinski definition) is 3. The third kappa shape index (κ3) is 5.47. The lowest BCUT2D eigenvalue weighted by atomic mass is 9.87. The summed E-state index contributed by atoms with van der Waals surface area (Å²) in [6, 6.07) is 8.20. The maximum Gasteiger partial charge on any atom is 0.225 e. The number of carbonyl (C=O) groups excluding carboxylic acids is 2. The van der Waals surface area contributed by atoms with E-state index < -0.39 is 0 Å². The molecule has 1 aliphatic heterocycles. The largest absolute Gasteiger partial charge is 0.494 e. The average Bonchev–Trinajstić information content (AvgIpc) is 3.49. The molecule has 0 atom stereocenters. The van der Waals surface area contributed by atoms with E-state index in [0.29, 0.717) is 45.6 Å². The van der Waals surface area contributed by atoms with Crippen molar-refractivity contribution in [3.63, 3.8) is 0 Å². The summed E-state index contributed by atoms with van der Waals surface area (Å²) in [7, 11) is 0. The second-order valence-corrected chi connectivity index (χ2v) is 8.71. The number of amides is 2. The Morgan fingerprint density at radius 2 is 1.59 bits per heavy atom. The molecule has 0 aromatic heterocycles. The highest BCUT2D eigenvalue weighted by Gasteiger charge is 2.35. The molecule has 0 radical (unpaired) electrons. The normalized spacial score (nSPS) is 17.7. The lowest BCUT2D eigenvalue weighted by Gasteiger charge is -2.35. The molecule has 0 spiro atoms. The van der Waals surface area contributed by atoms with Gasteiger partial charge in [0.25, 0.3) is 0 Å². The SMILES string of the molecule is CC(C)(C)c1ccc(OCCCC(=O)N2CCN(C(=O)C3CC3)CC2)cc1. The first kappa shape index (κ1) is 19.7. The topological polar surface area (TPSA) is 49.9 Å². The van der Waals surface area contributed by atoms with E-state index in [1.165, 1.54) is 5.56 Å². The first-order valence-corrected chi connectivity index (χ1v) is 10.1. The first-order valence-electron chi connectivity index (χ1n) is 10.1. The van der Waals surface area contributed by atoms with Crippen molar-refractivity contribution >= 4 is 11.8 Å². The van der Waals surface area contributed by atoms with E-state index in [1.807, 2.05) is 21.9 Å². The molecule has 27 heavy (non-hydrogen) atoms. The Hall–Kier alpha value is -2.04. The van der Waals surface area contributed by atoms with E-state index in [9.17, 15) is 9.59 Å². The van der Waals surface area contributed by atoms with Crippen LogP contribution in [0.3, 0.4) is 0 Å². The molecule has 5 heteroatoms. The Balaban J connectivity index is 1.33. The fraction of sp³-hybridized carbons (Fsp3) is 0.636. The minimum absolute atomic E-state index is 0.137. The van der Waals surface area contributed by atoms with Crippen LogP contribution in [0.1, 0.15) is 52.0 Å². The fourth-order valence-electron chi connectivity index (χ4n) is 3.39. The van der Waals surface area contributed by atoms with Crippen LogP contribution < -0.4 is 4.74 Å². The Morgan fingerprint density at radius 1 is 1.00 bits per heavy atom. The van der Waals surface area contributed by atoms with Crippen LogP contribution in [0.2, 0.25) is 0 Å². The molecule has 2 fully saturated rings. The molecule has 1 aromatic rings. The van der Waals surface area contributed by atoms with Gasteiger partial charge < -0.3 is 14.5 Å². The summed E-state index contributed by atoms with van der Waals surface area (Å²) in [5.41, 5.74) is 1.42. The van der Waals surface area contributed by atoms with Crippen molar-refractivity contribution in [2.75, 3.05) is 32.8 Å². The summed E-state index contributed by atoms with van der Waals surface area (Å²) in [4.78, 5) is 28.2. The molecule has 1 aromatic carbocycles. The van der Waals surface area contributed by atoms with Gasteiger partial charge in [0.2, 0.25) is 11.8 Å². The lowest BCUT2D eigenvalue weighted by molar-refractivity contribution is -0.140. The summed E-state index contributed by atoms with van der Waals surface area (Å²) < 4.78 is 5.77. The molecular formula is C22H32N2O3. The summed E-state index contributed by atoms with van der Waals surface area (Å²) in [5.74, 6) is 1.57. The smallest absolute Gasteiger partial charge is 0.225 e. The van der Waals surface area contributed by atoms with Crippen LogP contribution in [-0.4, -0.2) is 54.4 Å². The molecule has 1 aliphatic carbocycles. The average molecular weight is 373 g/mol. The molecule has 1 heterocycles. The lowest BCUT2D eigenvalue weighted by Crippen LogP contribution is -2.51. The minimum atomic E-state index is 0.137. The van der Waals surface area contributed by atoms with E-state index in [-0.39, 0.29) is 23.1 Å². The number of piperazine rings is 1. The maximum absolute atomic E-state index is 12.4. The van der Waals surface area contributed by atoms with Gasteiger partial charge in [0, 0.05) is 38.5 Å². The Kier molecular flexibility index (Phi) is 6.08. The quantitative estimate of drug-likeness (QED) is 0.721. The number of carbonyl (C=O) groups is 2. The standard InChI is InChI=1S/C22H32N2O3/c1-22(2,3)18-8-10-19(11-9-18)27-16-4-5-20(25)23-12-14-24(15-13-23)21(26)17-6-7-17/h8-11,17H,4-7,12-16H2,1-3H3. The molecular weight excluding hydrogens is 340 g/mol. The van der Waals surface area contributed by atoms with Crippen molar-refractivity contribution in [2.45, 2.75) is 51.9 Å². The van der Waals surface area contributed by atoms with Crippen molar-refractivity contribution in [1.29, 1.82) is 0 Å². The maximum atomic E-state index is 12.4. The van der Waals surface area contributed by atoms with Crippen LogP contribution in [0, 0.1) is 5.92 Å². The third-order valence-electron chi connectivity index (χ3n) is 5.39. The predicted octanol–water partition coefficient (Wildman–Crippen LogP) is 3.22. The summed E-state index contributed by atoms with van der Waals surface area (Å²) >= 11 is 0. The van der Waals surface area contributed by atoms with Crippen LogP contribution in [0.15, 0.2) is 24.3 Å². The van der Waals surface area contributed by atoms with Crippen LogP contribution in [-0.2, 0) is 15.0 Å². The summed E-state index contributed by atoms with van der Waals surface area (Å²) in [6.07, 6.45) is 3.28. The zero-order chi connectivity index (χ0) is 19.4. The van der Waals surface area contributed by atoms with Crippen molar-refractivity contribution < 1.29 is 14.3 Å². The van der Waals surface area contributed by atoms with Crippen molar-refractivity contribution in [3.8, 4) is 5.75 Å². The highest BCUT2D eigenvalue weighted by atomic mass is 16.5. The molecule has 148 valence electrons. The zero-order valence-corrected chi connectivity index (χ0v) is 16.9. The first-order chi connectivity index (χ1) is 12.8. The van der Waals surface area contributed by atoms with Gasteiger partial charge in [0.1, 0.15) is 5.75 Å². The van der Waals surface area contributed by atoms with Gasteiger partial charge in [-0.25, -0.2) is 0 Å². The van der Waals surface area contributed by atoms with Crippen LogP contribution >= 0.6 is 0 Å². The highest BCUT2D eigenvalue weighted by molar-refractivity contribution is 5.81. The molecule has 3 rings (SSSR count). The Bertz CT molecular complexity index is 651. The zero-order valence-electron chi connectivity index (χ0n) is 16.9. The van der Waals surface area contributed by atoms with Gasteiger partial charge in [-0.3, -0.25) is 9.59 Å². The van der Waals surface area contributed by atoms with Gasteiger partial charge in [-0.1, -0.05) is 32.9 Å². The van der Waals surface area contributed by atoms with Crippen LogP contribution in [0.25, 0.3) is 0 Å². The highest BCUT2D eigenvalue weighted by Crippen LogP contribution is 2.31. The number of hydrogen-bond donors (Lipinski definition) is 0.